The Morgan fingerprint density at radius 1 is 0.972 bits per heavy atom. The van der Waals surface area contributed by atoms with E-state index in [1.165, 1.54) is 43.6 Å². The summed E-state index contributed by atoms with van der Waals surface area (Å²) < 4.78 is 26.8. The summed E-state index contributed by atoms with van der Waals surface area (Å²) in [6, 6.07) is 11.6. The van der Waals surface area contributed by atoms with Gasteiger partial charge in [-0.1, -0.05) is 30.3 Å². The van der Waals surface area contributed by atoms with Gasteiger partial charge in [0.25, 0.3) is 5.92 Å². The molecule has 2 aliphatic carbocycles. The lowest BCUT2D eigenvalue weighted by atomic mass is 9.81. The fourth-order valence-electron chi connectivity index (χ4n) is 7.08. The molecule has 2 aliphatic heterocycles. The summed E-state index contributed by atoms with van der Waals surface area (Å²) in [5.74, 6) is 0.289. The maximum atomic E-state index is 13.4. The summed E-state index contributed by atoms with van der Waals surface area (Å²) in [5, 5.41) is 0. The minimum Gasteiger partial charge on any atom is -0.342 e. The first-order chi connectivity index (χ1) is 17.4. The first kappa shape index (κ1) is 24.0. The van der Waals surface area contributed by atoms with Crippen LogP contribution in [0, 0.1) is 23.7 Å². The SMILES string of the molecule is CC(F)(F)c1cnc(C[C@H]2CCN(C(=O)C3[C@H]4CN(C5CCC(c6ccccc6)CC5)C[C@@H]34)C2)nc1. The summed E-state index contributed by atoms with van der Waals surface area (Å²) in [7, 11) is 0. The number of rotatable bonds is 6. The van der Waals surface area contributed by atoms with Crippen molar-refractivity contribution < 1.29 is 13.6 Å². The molecular formula is C29H36F2N4O. The second-order valence-corrected chi connectivity index (χ2v) is 11.6. The molecule has 4 fully saturated rings. The average molecular weight is 495 g/mol. The largest absolute Gasteiger partial charge is 0.342 e. The Morgan fingerprint density at radius 2 is 1.64 bits per heavy atom. The van der Waals surface area contributed by atoms with Crippen LogP contribution in [-0.4, -0.2) is 57.9 Å². The van der Waals surface area contributed by atoms with Crippen LogP contribution in [0.4, 0.5) is 8.78 Å². The minimum atomic E-state index is -2.92. The van der Waals surface area contributed by atoms with Gasteiger partial charge in [-0.05, 0) is 61.3 Å². The van der Waals surface area contributed by atoms with E-state index in [-0.39, 0.29) is 11.5 Å². The number of aromatic nitrogens is 2. The molecule has 0 N–H and O–H groups in total. The summed E-state index contributed by atoms with van der Waals surface area (Å²) in [4.78, 5) is 26.3. The quantitative estimate of drug-likeness (QED) is 0.574. The summed E-state index contributed by atoms with van der Waals surface area (Å²) in [6.07, 6.45) is 9.10. The first-order valence-electron chi connectivity index (χ1n) is 13.6. The molecule has 2 saturated heterocycles. The van der Waals surface area contributed by atoms with E-state index < -0.39 is 5.92 Å². The van der Waals surface area contributed by atoms with Gasteiger partial charge in [0.15, 0.2) is 0 Å². The van der Waals surface area contributed by atoms with Gasteiger partial charge in [0, 0.05) is 63.9 Å². The number of hydrogen-bond donors (Lipinski definition) is 0. The molecule has 1 aromatic carbocycles. The number of amides is 1. The predicted octanol–water partition coefficient (Wildman–Crippen LogP) is 4.88. The van der Waals surface area contributed by atoms with Gasteiger partial charge < -0.3 is 4.90 Å². The van der Waals surface area contributed by atoms with Gasteiger partial charge in [-0.2, -0.15) is 0 Å². The number of likely N-dealkylation sites (tertiary alicyclic amines) is 2. The minimum absolute atomic E-state index is 0.159. The Morgan fingerprint density at radius 3 is 2.28 bits per heavy atom. The van der Waals surface area contributed by atoms with Crippen LogP contribution in [0.25, 0.3) is 0 Å². The summed E-state index contributed by atoms with van der Waals surface area (Å²) in [6.45, 7) is 4.55. The van der Waals surface area contributed by atoms with Crippen molar-refractivity contribution in [2.24, 2.45) is 23.7 Å². The molecule has 2 aromatic rings. The number of fused-ring (bicyclic) bond motifs is 1. The normalized spacial score (nSPS) is 32.5. The third-order valence-electron chi connectivity index (χ3n) is 9.27. The standard InChI is InChI=1S/C29H36F2N4O/c1-29(30,31)22-14-32-26(33-15-22)13-19-11-12-34(16-19)28(36)27-24-17-35(18-25(24)27)23-9-7-21(8-10-23)20-5-3-2-4-6-20/h2-6,14-15,19,21,23-25,27H,7-13,16-18H2,1H3/t19-,21?,23?,24-,25+,27?/m1/s1. The predicted molar refractivity (Wildman–Crippen MR) is 133 cm³/mol. The average Bonchev–Trinajstić information content (AvgIpc) is 3.20. The van der Waals surface area contributed by atoms with Crippen LogP contribution >= 0.6 is 0 Å². The number of nitrogens with zero attached hydrogens (tertiary/aromatic N) is 4. The van der Waals surface area contributed by atoms with Gasteiger partial charge in [0.05, 0.1) is 5.56 Å². The number of carbonyl (C=O) groups is 1. The van der Waals surface area contributed by atoms with E-state index in [9.17, 15) is 13.6 Å². The highest BCUT2D eigenvalue weighted by Crippen LogP contribution is 2.54. The first-order valence-corrected chi connectivity index (χ1v) is 13.6. The second-order valence-electron chi connectivity index (χ2n) is 11.6. The Labute approximate surface area is 212 Å². The molecule has 0 spiro atoms. The molecule has 3 heterocycles. The van der Waals surface area contributed by atoms with Gasteiger partial charge in [-0.3, -0.25) is 9.69 Å². The Balaban J connectivity index is 0.952. The molecule has 7 heteroatoms. The smallest absolute Gasteiger partial charge is 0.273 e. The third-order valence-corrected chi connectivity index (χ3v) is 9.27. The van der Waals surface area contributed by atoms with E-state index in [0.29, 0.717) is 47.9 Å². The van der Waals surface area contributed by atoms with E-state index >= 15 is 0 Å². The second kappa shape index (κ2) is 9.47. The van der Waals surface area contributed by atoms with Gasteiger partial charge >= 0.3 is 0 Å². The van der Waals surface area contributed by atoms with Crippen LogP contribution in [0.1, 0.15) is 61.9 Å². The lowest BCUT2D eigenvalue weighted by Gasteiger charge is -2.36. The van der Waals surface area contributed by atoms with Gasteiger partial charge in [0.1, 0.15) is 5.82 Å². The topological polar surface area (TPSA) is 49.3 Å². The number of benzene rings is 1. The fraction of sp³-hybridized carbons (Fsp3) is 0.621. The zero-order chi connectivity index (χ0) is 24.9. The van der Waals surface area contributed by atoms with Crippen molar-refractivity contribution >= 4 is 5.91 Å². The maximum Gasteiger partial charge on any atom is 0.273 e. The molecule has 1 unspecified atom stereocenters. The molecule has 0 radical (unpaired) electrons. The highest BCUT2D eigenvalue weighted by molar-refractivity contribution is 5.83. The highest BCUT2D eigenvalue weighted by Gasteiger charge is 2.61. The van der Waals surface area contributed by atoms with Crippen LogP contribution < -0.4 is 0 Å². The summed E-state index contributed by atoms with van der Waals surface area (Å²) >= 11 is 0. The van der Waals surface area contributed by atoms with E-state index in [1.807, 2.05) is 4.90 Å². The number of carbonyl (C=O) groups excluding carboxylic acids is 1. The van der Waals surface area contributed by atoms with Crippen LogP contribution in [0.5, 0.6) is 0 Å². The van der Waals surface area contributed by atoms with Crippen molar-refractivity contribution in [1.82, 2.24) is 19.8 Å². The number of hydrogen-bond acceptors (Lipinski definition) is 4. The van der Waals surface area contributed by atoms with Crippen LogP contribution in [0.3, 0.4) is 0 Å². The van der Waals surface area contributed by atoms with Crippen molar-refractivity contribution in [2.75, 3.05) is 26.2 Å². The molecule has 5 nitrogen and oxygen atoms in total. The number of halogens is 2. The van der Waals surface area contributed by atoms with Gasteiger partial charge in [-0.25, -0.2) is 18.7 Å². The van der Waals surface area contributed by atoms with E-state index in [1.54, 1.807) is 0 Å². The van der Waals surface area contributed by atoms with E-state index in [2.05, 4.69) is 45.2 Å². The van der Waals surface area contributed by atoms with Crippen molar-refractivity contribution in [3.63, 3.8) is 0 Å². The molecule has 0 bridgehead atoms. The fourth-order valence-corrected chi connectivity index (χ4v) is 7.08. The monoisotopic (exact) mass is 494 g/mol. The van der Waals surface area contributed by atoms with Crippen molar-refractivity contribution in [1.29, 1.82) is 0 Å². The Bertz CT molecular complexity index is 1050. The molecular weight excluding hydrogens is 458 g/mol. The van der Waals surface area contributed by atoms with Crippen LogP contribution in [-0.2, 0) is 17.1 Å². The lowest BCUT2D eigenvalue weighted by molar-refractivity contribution is -0.132. The number of piperidine rings is 1. The van der Waals surface area contributed by atoms with E-state index in [4.69, 9.17) is 0 Å². The molecule has 2 saturated carbocycles. The third kappa shape index (κ3) is 4.79. The van der Waals surface area contributed by atoms with Crippen molar-refractivity contribution in [3.05, 3.63) is 59.7 Å². The van der Waals surface area contributed by atoms with Crippen LogP contribution in [0.2, 0.25) is 0 Å². The zero-order valence-corrected chi connectivity index (χ0v) is 21.0. The maximum absolute atomic E-state index is 13.4. The van der Waals surface area contributed by atoms with Crippen LogP contribution in [0.15, 0.2) is 42.7 Å². The molecule has 1 amide bonds. The molecule has 36 heavy (non-hydrogen) atoms. The highest BCUT2D eigenvalue weighted by atomic mass is 19.3. The Kier molecular flexibility index (Phi) is 6.30. The zero-order valence-electron chi connectivity index (χ0n) is 21.0. The van der Waals surface area contributed by atoms with E-state index in [0.717, 1.165) is 39.5 Å². The molecule has 4 aliphatic rings. The van der Waals surface area contributed by atoms with Gasteiger partial charge in [0.2, 0.25) is 5.91 Å². The molecule has 4 atom stereocenters. The molecule has 192 valence electrons. The lowest BCUT2D eigenvalue weighted by Crippen LogP contribution is -2.40. The summed E-state index contributed by atoms with van der Waals surface area (Å²) in [5.41, 5.74) is 1.33. The molecule has 6 rings (SSSR count). The van der Waals surface area contributed by atoms with Crippen molar-refractivity contribution in [2.45, 2.75) is 63.3 Å². The van der Waals surface area contributed by atoms with Gasteiger partial charge in [-0.15, -0.1) is 0 Å². The Hall–Kier alpha value is -2.41. The molecule has 1 aromatic heterocycles. The number of alkyl halides is 2. The van der Waals surface area contributed by atoms with Crippen molar-refractivity contribution in [3.8, 4) is 0 Å².